The lowest BCUT2D eigenvalue weighted by molar-refractivity contribution is 0.781. The highest BCUT2D eigenvalue weighted by Gasteiger charge is 2.23. The third-order valence-electron chi connectivity index (χ3n) is 2.70. The molecule has 0 bridgehead atoms. The lowest BCUT2D eigenvalue weighted by Gasteiger charge is -2.07. The van der Waals surface area contributed by atoms with Gasteiger partial charge in [-0.1, -0.05) is 51.4 Å². The van der Waals surface area contributed by atoms with E-state index >= 15 is 0 Å². The number of nitrogens with one attached hydrogen (secondary N) is 1. The highest BCUT2D eigenvalue weighted by Crippen LogP contribution is 2.31. The summed E-state index contributed by atoms with van der Waals surface area (Å²) in [4.78, 5) is 0. The standard InChI is InChI=1S/C12H10BrClN4S/c1-7-15-16-12-18(7)17-11(19-12)6-10(14)8-2-4-9(13)5-3-8/h2-6,11,17H,1H3/b10-6-. The molecule has 2 aromatic rings. The van der Waals surface area contributed by atoms with Crippen molar-refractivity contribution < 1.29 is 0 Å². The first-order valence-electron chi connectivity index (χ1n) is 5.62. The maximum atomic E-state index is 6.34. The van der Waals surface area contributed by atoms with E-state index in [1.54, 1.807) is 11.8 Å². The van der Waals surface area contributed by atoms with Crippen molar-refractivity contribution in [2.24, 2.45) is 0 Å². The van der Waals surface area contributed by atoms with Crippen LogP contribution in [0.15, 0.2) is 40.0 Å². The largest absolute Gasteiger partial charge is 0.305 e. The van der Waals surface area contributed by atoms with Crippen LogP contribution in [0, 0.1) is 6.92 Å². The van der Waals surface area contributed by atoms with Gasteiger partial charge in [0.05, 0.1) is 0 Å². The van der Waals surface area contributed by atoms with Crippen LogP contribution in [0.5, 0.6) is 0 Å². The topological polar surface area (TPSA) is 42.7 Å². The van der Waals surface area contributed by atoms with Crippen molar-refractivity contribution in [3.8, 4) is 0 Å². The molecule has 7 heteroatoms. The molecule has 4 nitrogen and oxygen atoms in total. The minimum Gasteiger partial charge on any atom is -0.305 e. The van der Waals surface area contributed by atoms with Gasteiger partial charge in [0.25, 0.3) is 0 Å². The number of nitrogens with zero attached hydrogens (tertiary/aromatic N) is 3. The molecule has 3 rings (SSSR count). The molecule has 0 saturated heterocycles. The molecule has 1 aliphatic rings. The van der Waals surface area contributed by atoms with E-state index in [2.05, 4.69) is 31.6 Å². The maximum Gasteiger partial charge on any atom is 0.212 e. The number of hydrogen-bond donors (Lipinski definition) is 1. The van der Waals surface area contributed by atoms with E-state index in [0.29, 0.717) is 5.03 Å². The van der Waals surface area contributed by atoms with Crippen molar-refractivity contribution in [3.05, 3.63) is 46.2 Å². The summed E-state index contributed by atoms with van der Waals surface area (Å²) < 4.78 is 2.91. The van der Waals surface area contributed by atoms with Gasteiger partial charge in [0, 0.05) is 9.51 Å². The molecule has 0 radical (unpaired) electrons. The van der Waals surface area contributed by atoms with Crippen molar-refractivity contribution in [1.82, 2.24) is 14.9 Å². The molecule has 0 saturated carbocycles. The second-order valence-corrected chi connectivity index (χ2v) is 6.49. The molecule has 1 aromatic heterocycles. The lowest BCUT2D eigenvalue weighted by atomic mass is 10.2. The summed E-state index contributed by atoms with van der Waals surface area (Å²) >= 11 is 11.3. The number of benzene rings is 1. The maximum absolute atomic E-state index is 6.34. The number of aryl methyl sites for hydroxylation is 1. The zero-order chi connectivity index (χ0) is 13.4. The molecule has 0 amide bonds. The van der Waals surface area contributed by atoms with Gasteiger partial charge < -0.3 is 5.43 Å². The molecule has 19 heavy (non-hydrogen) atoms. The summed E-state index contributed by atoms with van der Waals surface area (Å²) in [6.45, 7) is 1.91. The number of hydrogen-bond acceptors (Lipinski definition) is 4. The highest BCUT2D eigenvalue weighted by atomic mass is 79.9. The summed E-state index contributed by atoms with van der Waals surface area (Å²) in [7, 11) is 0. The summed E-state index contributed by atoms with van der Waals surface area (Å²) in [5, 5.41) is 9.71. The van der Waals surface area contributed by atoms with Crippen molar-refractivity contribution in [2.45, 2.75) is 17.5 Å². The van der Waals surface area contributed by atoms with Crippen LogP contribution in [0.3, 0.4) is 0 Å². The van der Waals surface area contributed by atoms with Crippen molar-refractivity contribution in [2.75, 3.05) is 5.43 Å². The first-order valence-corrected chi connectivity index (χ1v) is 7.67. The van der Waals surface area contributed by atoms with E-state index in [9.17, 15) is 0 Å². The van der Waals surface area contributed by atoms with Gasteiger partial charge in [-0.15, -0.1) is 10.2 Å². The molecule has 1 aliphatic heterocycles. The van der Waals surface area contributed by atoms with E-state index in [4.69, 9.17) is 11.6 Å². The zero-order valence-corrected chi connectivity index (χ0v) is 13.1. The Balaban J connectivity index is 1.78. The van der Waals surface area contributed by atoms with Crippen LogP contribution in [-0.2, 0) is 0 Å². The summed E-state index contributed by atoms with van der Waals surface area (Å²) in [6, 6.07) is 7.90. The number of thioether (sulfide) groups is 1. The van der Waals surface area contributed by atoms with Crippen molar-refractivity contribution in [1.29, 1.82) is 0 Å². The molecule has 0 fully saturated rings. The van der Waals surface area contributed by atoms with Crippen LogP contribution in [0.2, 0.25) is 0 Å². The fourth-order valence-corrected chi connectivity index (χ4v) is 3.30. The van der Waals surface area contributed by atoms with Gasteiger partial charge in [0.15, 0.2) is 0 Å². The Labute approximate surface area is 128 Å². The Kier molecular flexibility index (Phi) is 3.56. The van der Waals surface area contributed by atoms with E-state index in [-0.39, 0.29) is 5.37 Å². The van der Waals surface area contributed by atoms with Gasteiger partial charge >= 0.3 is 0 Å². The van der Waals surface area contributed by atoms with Crippen LogP contribution in [0.1, 0.15) is 11.4 Å². The first-order chi connectivity index (χ1) is 9.13. The molecule has 0 aliphatic carbocycles. The normalized spacial score (nSPS) is 18.3. The summed E-state index contributed by atoms with van der Waals surface area (Å²) in [6.07, 6.45) is 1.98. The Morgan fingerprint density at radius 2 is 2.16 bits per heavy atom. The van der Waals surface area contributed by atoms with E-state index in [0.717, 1.165) is 21.0 Å². The number of aromatic nitrogens is 3. The quantitative estimate of drug-likeness (QED) is 0.892. The van der Waals surface area contributed by atoms with Gasteiger partial charge in [-0.2, -0.15) is 0 Å². The smallest absolute Gasteiger partial charge is 0.212 e. The fourth-order valence-electron chi connectivity index (χ4n) is 1.74. The van der Waals surface area contributed by atoms with E-state index < -0.39 is 0 Å². The van der Waals surface area contributed by atoms with Crippen LogP contribution in [0.4, 0.5) is 0 Å². The molecule has 1 aromatic carbocycles. The Hall–Kier alpha value is -0.980. The third kappa shape index (κ3) is 2.66. The average molecular weight is 358 g/mol. The molecular weight excluding hydrogens is 348 g/mol. The summed E-state index contributed by atoms with van der Waals surface area (Å²) in [5.74, 6) is 0.846. The van der Waals surface area contributed by atoms with E-state index in [1.807, 2.05) is 41.9 Å². The van der Waals surface area contributed by atoms with Gasteiger partial charge in [-0.05, 0) is 30.7 Å². The molecule has 1 N–H and O–H groups in total. The van der Waals surface area contributed by atoms with E-state index in [1.165, 1.54) is 0 Å². The molecule has 98 valence electrons. The SMILES string of the molecule is Cc1nnc2n1NC(/C=C(\Cl)c1ccc(Br)cc1)S2. The second kappa shape index (κ2) is 5.19. The molecule has 1 atom stereocenters. The third-order valence-corrected chi connectivity index (χ3v) is 4.54. The zero-order valence-electron chi connectivity index (χ0n) is 9.97. The van der Waals surface area contributed by atoms with Crippen LogP contribution >= 0.6 is 39.3 Å². The Morgan fingerprint density at radius 3 is 2.84 bits per heavy atom. The fraction of sp³-hybridized carbons (Fsp3) is 0.167. The molecule has 0 spiro atoms. The van der Waals surface area contributed by atoms with Gasteiger partial charge in [0.2, 0.25) is 5.16 Å². The van der Waals surface area contributed by atoms with Crippen molar-refractivity contribution >= 4 is 44.3 Å². The molecule has 2 heterocycles. The molecule has 1 unspecified atom stereocenters. The number of halogens is 2. The average Bonchev–Trinajstić information content (AvgIpc) is 2.93. The minimum atomic E-state index is 0.0698. The number of fused-ring (bicyclic) bond motifs is 1. The van der Waals surface area contributed by atoms with Crippen LogP contribution < -0.4 is 5.43 Å². The minimum absolute atomic E-state index is 0.0698. The Bertz CT molecular complexity index is 638. The second-order valence-electron chi connectivity index (χ2n) is 4.05. The van der Waals surface area contributed by atoms with Crippen LogP contribution in [0.25, 0.3) is 5.03 Å². The van der Waals surface area contributed by atoms with Gasteiger partial charge in [-0.25, -0.2) is 4.68 Å². The predicted octanol–water partition coefficient (Wildman–Crippen LogP) is 3.60. The van der Waals surface area contributed by atoms with Gasteiger partial charge in [0.1, 0.15) is 11.2 Å². The highest BCUT2D eigenvalue weighted by molar-refractivity contribution is 9.10. The van der Waals surface area contributed by atoms with Crippen molar-refractivity contribution in [3.63, 3.8) is 0 Å². The Morgan fingerprint density at radius 1 is 1.42 bits per heavy atom. The lowest BCUT2D eigenvalue weighted by Crippen LogP contribution is -2.17. The number of rotatable bonds is 2. The van der Waals surface area contributed by atoms with Gasteiger partial charge in [-0.3, -0.25) is 0 Å². The summed E-state index contributed by atoms with van der Waals surface area (Å²) in [5.41, 5.74) is 4.27. The van der Waals surface area contributed by atoms with Crippen LogP contribution in [-0.4, -0.2) is 20.2 Å². The molecular formula is C12H10BrClN4S. The predicted molar refractivity (Wildman–Crippen MR) is 81.7 cm³/mol. The monoisotopic (exact) mass is 356 g/mol. The first kappa shape index (κ1) is 13.0.